The molecule has 2 N–H and O–H groups in total. The molecule has 3 heterocycles. The molecule has 3 rings (SSSR count). The van der Waals surface area contributed by atoms with Crippen LogP contribution >= 0.6 is 0 Å². The quantitative estimate of drug-likeness (QED) is 0.707. The number of morpholine rings is 1. The van der Waals surface area contributed by atoms with Gasteiger partial charge in [0.15, 0.2) is 0 Å². The van der Waals surface area contributed by atoms with Crippen molar-refractivity contribution < 1.29 is 14.6 Å². The second-order valence-corrected chi connectivity index (χ2v) is 6.43. The van der Waals surface area contributed by atoms with Gasteiger partial charge in [-0.05, 0) is 12.5 Å². The molecule has 8 heteroatoms. The molecule has 2 aliphatic heterocycles. The molecule has 8 nitrogen and oxygen atoms in total. The minimum absolute atomic E-state index is 0.0238. The van der Waals surface area contributed by atoms with Crippen LogP contribution in [0.2, 0.25) is 0 Å². The van der Waals surface area contributed by atoms with E-state index in [-0.39, 0.29) is 12.5 Å². The van der Waals surface area contributed by atoms with Gasteiger partial charge in [-0.15, -0.1) is 0 Å². The summed E-state index contributed by atoms with van der Waals surface area (Å²) in [5, 5.41) is 13.5. The lowest BCUT2D eigenvalue weighted by Crippen LogP contribution is -2.46. The molecule has 2 saturated heterocycles. The third-order valence-corrected chi connectivity index (χ3v) is 4.54. The fourth-order valence-corrected chi connectivity index (χ4v) is 3.06. The number of amides is 1. The van der Waals surface area contributed by atoms with Crippen molar-refractivity contribution in [2.24, 2.45) is 0 Å². The van der Waals surface area contributed by atoms with Gasteiger partial charge >= 0.3 is 0 Å². The number of β-amino-alcohol motifs (C(OH)–C–C–N with tert-alkyl or cyclic N) is 1. The summed E-state index contributed by atoms with van der Waals surface area (Å²) in [4.78, 5) is 24.6. The van der Waals surface area contributed by atoms with Crippen molar-refractivity contribution in [2.45, 2.75) is 18.4 Å². The molecule has 1 aromatic heterocycles. The number of nitrogens with zero attached hydrogens (tertiary/aromatic N) is 4. The van der Waals surface area contributed by atoms with Gasteiger partial charge in [0.1, 0.15) is 5.60 Å². The zero-order valence-corrected chi connectivity index (χ0v) is 13.9. The SMILES string of the molecule is O=C(CCN1CCOCC1)NCC1(O)CCN(c2ncccn2)C1. The van der Waals surface area contributed by atoms with Gasteiger partial charge in [0, 0.05) is 51.5 Å². The van der Waals surface area contributed by atoms with Gasteiger partial charge in [0.25, 0.3) is 0 Å². The zero-order chi connectivity index (χ0) is 16.8. The van der Waals surface area contributed by atoms with Gasteiger partial charge in [-0.1, -0.05) is 0 Å². The number of ether oxygens (including phenoxy) is 1. The van der Waals surface area contributed by atoms with Crippen LogP contribution in [0.25, 0.3) is 0 Å². The van der Waals surface area contributed by atoms with E-state index in [2.05, 4.69) is 20.2 Å². The van der Waals surface area contributed by atoms with Crippen LogP contribution in [0.4, 0.5) is 5.95 Å². The van der Waals surface area contributed by atoms with E-state index in [0.717, 1.165) is 32.8 Å². The number of hydrogen-bond acceptors (Lipinski definition) is 7. The van der Waals surface area contributed by atoms with E-state index in [1.807, 2.05) is 4.90 Å². The summed E-state index contributed by atoms with van der Waals surface area (Å²) in [6, 6.07) is 1.76. The molecule has 0 spiro atoms. The molecule has 24 heavy (non-hydrogen) atoms. The Balaban J connectivity index is 1.40. The van der Waals surface area contributed by atoms with Crippen molar-refractivity contribution in [1.82, 2.24) is 20.2 Å². The number of carbonyl (C=O) groups excluding carboxylic acids is 1. The predicted octanol–water partition coefficient (Wildman–Crippen LogP) is -0.744. The fourth-order valence-electron chi connectivity index (χ4n) is 3.06. The normalized spacial score (nSPS) is 25.0. The molecule has 2 aliphatic rings. The number of aliphatic hydroxyl groups is 1. The fraction of sp³-hybridized carbons (Fsp3) is 0.688. The van der Waals surface area contributed by atoms with Crippen LogP contribution in [0.5, 0.6) is 0 Å². The van der Waals surface area contributed by atoms with Crippen LogP contribution in [0, 0.1) is 0 Å². The minimum Gasteiger partial charge on any atom is -0.386 e. The molecular formula is C16H25N5O3. The van der Waals surface area contributed by atoms with Crippen LogP contribution in [-0.2, 0) is 9.53 Å². The van der Waals surface area contributed by atoms with E-state index in [9.17, 15) is 9.90 Å². The molecule has 0 radical (unpaired) electrons. The highest BCUT2D eigenvalue weighted by atomic mass is 16.5. The molecule has 1 unspecified atom stereocenters. The van der Waals surface area contributed by atoms with Crippen molar-refractivity contribution >= 4 is 11.9 Å². The second-order valence-electron chi connectivity index (χ2n) is 6.43. The summed E-state index contributed by atoms with van der Waals surface area (Å²) in [5.41, 5.74) is -0.923. The van der Waals surface area contributed by atoms with E-state index in [1.165, 1.54) is 0 Å². The summed E-state index contributed by atoms with van der Waals surface area (Å²) in [5.74, 6) is 0.594. The number of nitrogens with one attached hydrogen (secondary N) is 1. The first-order chi connectivity index (χ1) is 11.6. The maximum Gasteiger partial charge on any atom is 0.225 e. The standard InChI is InChI=1S/C16H25N5O3/c22-14(2-6-20-8-10-24-11-9-20)19-12-16(23)3-7-21(13-16)15-17-4-1-5-18-15/h1,4-5,23H,2-3,6-13H2,(H,19,22). The molecule has 2 fully saturated rings. The molecule has 132 valence electrons. The third kappa shape index (κ3) is 4.62. The Labute approximate surface area is 141 Å². The van der Waals surface area contributed by atoms with E-state index in [0.29, 0.717) is 31.9 Å². The highest BCUT2D eigenvalue weighted by Crippen LogP contribution is 2.23. The van der Waals surface area contributed by atoms with Crippen LogP contribution in [0.1, 0.15) is 12.8 Å². The van der Waals surface area contributed by atoms with E-state index >= 15 is 0 Å². The third-order valence-electron chi connectivity index (χ3n) is 4.54. The summed E-state index contributed by atoms with van der Waals surface area (Å²) in [6.07, 6.45) is 4.41. The number of carbonyl (C=O) groups is 1. The molecule has 0 bridgehead atoms. The maximum absolute atomic E-state index is 12.0. The maximum atomic E-state index is 12.0. The van der Waals surface area contributed by atoms with Crippen LogP contribution in [-0.4, -0.2) is 84.0 Å². The predicted molar refractivity (Wildman–Crippen MR) is 88.7 cm³/mol. The lowest BCUT2D eigenvalue weighted by atomic mass is 10.0. The van der Waals surface area contributed by atoms with Crippen molar-refractivity contribution in [2.75, 3.05) is 57.4 Å². The number of anilines is 1. The second kappa shape index (κ2) is 7.87. The van der Waals surface area contributed by atoms with Crippen LogP contribution in [0.15, 0.2) is 18.5 Å². The summed E-state index contributed by atoms with van der Waals surface area (Å²) >= 11 is 0. The Bertz CT molecular complexity index is 538. The van der Waals surface area contributed by atoms with Gasteiger partial charge < -0.3 is 20.1 Å². The topological polar surface area (TPSA) is 90.8 Å². The Kier molecular flexibility index (Phi) is 5.60. The molecule has 0 saturated carbocycles. The first-order valence-electron chi connectivity index (χ1n) is 8.46. The Hall–Kier alpha value is -1.77. The number of rotatable bonds is 6. The van der Waals surface area contributed by atoms with Gasteiger partial charge in [-0.25, -0.2) is 9.97 Å². The summed E-state index contributed by atoms with van der Waals surface area (Å²) in [7, 11) is 0. The van der Waals surface area contributed by atoms with Gasteiger partial charge in [0.05, 0.1) is 19.8 Å². The molecular weight excluding hydrogens is 310 g/mol. The molecule has 0 aliphatic carbocycles. The molecule has 0 aromatic carbocycles. The Morgan fingerprint density at radius 1 is 1.29 bits per heavy atom. The highest BCUT2D eigenvalue weighted by Gasteiger charge is 2.37. The lowest BCUT2D eigenvalue weighted by Gasteiger charge is -2.27. The van der Waals surface area contributed by atoms with Gasteiger partial charge in [-0.3, -0.25) is 9.69 Å². The molecule has 1 amide bonds. The lowest BCUT2D eigenvalue weighted by molar-refractivity contribution is -0.122. The average molecular weight is 335 g/mol. The minimum atomic E-state index is -0.923. The summed E-state index contributed by atoms with van der Waals surface area (Å²) < 4.78 is 5.29. The smallest absolute Gasteiger partial charge is 0.225 e. The van der Waals surface area contributed by atoms with Crippen molar-refractivity contribution in [3.63, 3.8) is 0 Å². The van der Waals surface area contributed by atoms with Gasteiger partial charge in [0.2, 0.25) is 11.9 Å². The largest absolute Gasteiger partial charge is 0.386 e. The van der Waals surface area contributed by atoms with Crippen LogP contribution < -0.4 is 10.2 Å². The first-order valence-corrected chi connectivity index (χ1v) is 8.46. The molecule has 1 aromatic rings. The van der Waals surface area contributed by atoms with Crippen molar-refractivity contribution in [1.29, 1.82) is 0 Å². The van der Waals surface area contributed by atoms with E-state index in [4.69, 9.17) is 4.74 Å². The average Bonchev–Trinajstić information content (AvgIpc) is 3.03. The number of aromatic nitrogens is 2. The number of hydrogen-bond donors (Lipinski definition) is 2. The van der Waals surface area contributed by atoms with E-state index < -0.39 is 5.60 Å². The molecule has 1 atom stereocenters. The monoisotopic (exact) mass is 335 g/mol. The first kappa shape index (κ1) is 17.1. The van der Waals surface area contributed by atoms with Crippen molar-refractivity contribution in [3.05, 3.63) is 18.5 Å². The zero-order valence-electron chi connectivity index (χ0n) is 13.9. The highest BCUT2D eigenvalue weighted by molar-refractivity contribution is 5.76. The van der Waals surface area contributed by atoms with E-state index in [1.54, 1.807) is 18.5 Å². The van der Waals surface area contributed by atoms with Crippen LogP contribution in [0.3, 0.4) is 0 Å². The Morgan fingerprint density at radius 3 is 2.79 bits per heavy atom. The Morgan fingerprint density at radius 2 is 2.04 bits per heavy atom. The van der Waals surface area contributed by atoms with Gasteiger partial charge in [-0.2, -0.15) is 0 Å². The summed E-state index contributed by atoms with van der Waals surface area (Å²) in [6.45, 7) is 5.34. The van der Waals surface area contributed by atoms with Crippen molar-refractivity contribution in [3.8, 4) is 0 Å².